The number of halogens is 1. The van der Waals surface area contributed by atoms with Crippen LogP contribution in [-0.4, -0.2) is 15.9 Å². The molecule has 2 aromatic rings. The summed E-state index contributed by atoms with van der Waals surface area (Å²) in [5.41, 5.74) is 8.17. The number of nitrogens with one attached hydrogen (secondary N) is 1. The second-order valence-corrected chi connectivity index (χ2v) is 5.42. The molecule has 1 heterocycles. The molecule has 20 heavy (non-hydrogen) atoms. The van der Waals surface area contributed by atoms with Gasteiger partial charge < -0.3 is 11.1 Å². The van der Waals surface area contributed by atoms with Gasteiger partial charge >= 0.3 is 0 Å². The molecule has 2 rings (SSSR count). The number of carbonyl (C=O) groups excluding carboxylic acids is 1. The van der Waals surface area contributed by atoms with Crippen molar-refractivity contribution < 1.29 is 4.79 Å². The Morgan fingerprint density at radius 3 is 2.70 bits per heavy atom. The molecule has 0 unspecified atom stereocenters. The van der Waals surface area contributed by atoms with Crippen LogP contribution in [0.1, 0.15) is 21.6 Å². The van der Waals surface area contributed by atoms with E-state index in [-0.39, 0.29) is 10.9 Å². The minimum atomic E-state index is -0.286. The van der Waals surface area contributed by atoms with E-state index in [4.69, 9.17) is 18.0 Å². The highest BCUT2D eigenvalue weighted by molar-refractivity contribution is 9.10. The molecular weight excluding hydrogens is 338 g/mol. The van der Waals surface area contributed by atoms with Crippen LogP contribution in [0.4, 0.5) is 5.69 Å². The van der Waals surface area contributed by atoms with Gasteiger partial charge in [0.25, 0.3) is 5.91 Å². The summed E-state index contributed by atoms with van der Waals surface area (Å²) in [5.74, 6) is -0.286. The average Bonchev–Trinajstić information content (AvgIpc) is 2.44. The minimum absolute atomic E-state index is 0.255. The summed E-state index contributed by atoms with van der Waals surface area (Å²) in [6.45, 7) is 1.95. The zero-order valence-corrected chi connectivity index (χ0v) is 13.1. The Kier molecular flexibility index (Phi) is 4.46. The van der Waals surface area contributed by atoms with Crippen LogP contribution >= 0.6 is 28.1 Å². The number of amides is 1. The van der Waals surface area contributed by atoms with E-state index in [0.717, 1.165) is 10.0 Å². The molecule has 0 fully saturated rings. The molecular formula is C14H12BrN3OS. The molecule has 102 valence electrons. The minimum Gasteiger partial charge on any atom is -0.389 e. The topological polar surface area (TPSA) is 68.0 Å². The lowest BCUT2D eigenvalue weighted by Gasteiger charge is -2.09. The zero-order valence-electron chi connectivity index (χ0n) is 10.7. The van der Waals surface area contributed by atoms with Crippen molar-refractivity contribution in [1.82, 2.24) is 4.98 Å². The first-order chi connectivity index (χ1) is 9.49. The van der Waals surface area contributed by atoms with Gasteiger partial charge in [-0.3, -0.25) is 9.78 Å². The maximum atomic E-state index is 12.1. The fourth-order valence-electron chi connectivity index (χ4n) is 1.60. The van der Waals surface area contributed by atoms with Gasteiger partial charge in [0, 0.05) is 16.2 Å². The first-order valence-electron chi connectivity index (χ1n) is 5.81. The van der Waals surface area contributed by atoms with Crippen molar-refractivity contribution in [3.63, 3.8) is 0 Å². The van der Waals surface area contributed by atoms with Crippen molar-refractivity contribution in [3.05, 3.63) is 57.8 Å². The van der Waals surface area contributed by atoms with Crippen LogP contribution in [0.15, 0.2) is 41.0 Å². The molecule has 0 bridgehead atoms. The number of hydrogen-bond donors (Lipinski definition) is 2. The second kappa shape index (κ2) is 6.11. The van der Waals surface area contributed by atoms with Gasteiger partial charge in [-0.25, -0.2) is 0 Å². The molecule has 1 aromatic heterocycles. The van der Waals surface area contributed by atoms with Gasteiger partial charge in [0.2, 0.25) is 0 Å². The molecule has 0 spiro atoms. The average molecular weight is 350 g/mol. The lowest BCUT2D eigenvalue weighted by Crippen LogP contribution is -2.15. The fraction of sp³-hybridized carbons (Fsp3) is 0.0714. The quantitative estimate of drug-likeness (QED) is 0.835. The summed E-state index contributed by atoms with van der Waals surface area (Å²) in [7, 11) is 0. The zero-order chi connectivity index (χ0) is 14.7. The fourth-order valence-corrected chi connectivity index (χ4v) is 2.09. The summed E-state index contributed by atoms with van der Waals surface area (Å²) in [6, 6.07) is 8.91. The molecule has 0 saturated heterocycles. The lowest BCUT2D eigenvalue weighted by molar-refractivity contribution is 0.102. The molecule has 0 radical (unpaired) electrons. The molecule has 0 aliphatic carbocycles. The largest absolute Gasteiger partial charge is 0.389 e. The predicted octanol–water partition coefficient (Wildman–Crippen LogP) is 3.04. The van der Waals surface area contributed by atoms with Crippen molar-refractivity contribution in [1.29, 1.82) is 0 Å². The standard InChI is InChI=1S/C14H12BrN3OS/c1-8-3-2-4-10(12(8)15)18-14(19)11-6-5-9(7-17-11)13(16)20/h2-7H,1H3,(H2,16,20)(H,18,19). The van der Waals surface area contributed by atoms with E-state index in [1.54, 1.807) is 12.1 Å². The molecule has 3 N–H and O–H groups in total. The van der Waals surface area contributed by atoms with Gasteiger partial charge in [-0.05, 0) is 46.6 Å². The second-order valence-electron chi connectivity index (χ2n) is 4.19. The summed E-state index contributed by atoms with van der Waals surface area (Å²) >= 11 is 8.28. The Labute approximate surface area is 130 Å². The van der Waals surface area contributed by atoms with Crippen LogP contribution < -0.4 is 11.1 Å². The summed E-state index contributed by atoms with van der Waals surface area (Å²) < 4.78 is 0.855. The Morgan fingerprint density at radius 2 is 2.10 bits per heavy atom. The summed E-state index contributed by atoms with van der Waals surface area (Å²) in [4.78, 5) is 16.4. The molecule has 1 amide bonds. The first-order valence-corrected chi connectivity index (χ1v) is 7.01. The molecule has 0 aliphatic heterocycles. The van der Waals surface area contributed by atoms with Crippen molar-refractivity contribution in [2.75, 3.05) is 5.32 Å². The van der Waals surface area contributed by atoms with Gasteiger partial charge in [0.1, 0.15) is 10.7 Å². The third-order valence-electron chi connectivity index (χ3n) is 2.72. The van der Waals surface area contributed by atoms with Gasteiger partial charge in [-0.15, -0.1) is 0 Å². The highest BCUT2D eigenvalue weighted by Crippen LogP contribution is 2.25. The predicted molar refractivity (Wildman–Crippen MR) is 87.0 cm³/mol. The number of aromatic nitrogens is 1. The number of aryl methyl sites for hydroxylation is 1. The maximum absolute atomic E-state index is 12.1. The lowest BCUT2D eigenvalue weighted by atomic mass is 10.2. The highest BCUT2D eigenvalue weighted by atomic mass is 79.9. The number of nitrogens with zero attached hydrogens (tertiary/aromatic N) is 1. The Hall–Kier alpha value is -1.79. The van der Waals surface area contributed by atoms with Gasteiger partial charge in [0.05, 0.1) is 5.69 Å². The Morgan fingerprint density at radius 1 is 1.35 bits per heavy atom. The number of nitrogens with two attached hydrogens (primary N) is 1. The summed E-state index contributed by atoms with van der Waals surface area (Å²) in [5, 5.41) is 2.80. The van der Waals surface area contributed by atoms with E-state index < -0.39 is 0 Å². The number of anilines is 1. The molecule has 4 nitrogen and oxygen atoms in total. The molecule has 6 heteroatoms. The third-order valence-corrected chi connectivity index (χ3v) is 4.01. The van der Waals surface area contributed by atoms with Crippen LogP contribution in [0, 0.1) is 6.92 Å². The van der Waals surface area contributed by atoms with Crippen LogP contribution in [0.25, 0.3) is 0 Å². The van der Waals surface area contributed by atoms with Crippen LogP contribution in [0.3, 0.4) is 0 Å². The Balaban J connectivity index is 2.20. The molecule has 1 aromatic carbocycles. The van der Waals surface area contributed by atoms with Crippen LogP contribution in [0.2, 0.25) is 0 Å². The van der Waals surface area contributed by atoms with Crippen molar-refractivity contribution in [2.45, 2.75) is 6.92 Å². The number of carbonyl (C=O) groups is 1. The van der Waals surface area contributed by atoms with Gasteiger partial charge in [-0.1, -0.05) is 24.4 Å². The van der Waals surface area contributed by atoms with Gasteiger partial charge in [-0.2, -0.15) is 0 Å². The number of thiocarbonyl (C=S) groups is 1. The first kappa shape index (κ1) is 14.6. The van der Waals surface area contributed by atoms with Gasteiger partial charge in [0.15, 0.2) is 0 Å². The van der Waals surface area contributed by atoms with E-state index in [1.807, 2.05) is 25.1 Å². The van der Waals surface area contributed by atoms with E-state index in [2.05, 4.69) is 26.2 Å². The van der Waals surface area contributed by atoms with E-state index in [9.17, 15) is 4.79 Å². The van der Waals surface area contributed by atoms with Crippen molar-refractivity contribution in [2.24, 2.45) is 5.73 Å². The van der Waals surface area contributed by atoms with Crippen molar-refractivity contribution in [3.8, 4) is 0 Å². The SMILES string of the molecule is Cc1cccc(NC(=O)c2ccc(C(N)=S)cn2)c1Br. The van der Waals surface area contributed by atoms with E-state index in [0.29, 0.717) is 16.9 Å². The highest BCUT2D eigenvalue weighted by Gasteiger charge is 2.10. The van der Waals surface area contributed by atoms with E-state index in [1.165, 1.54) is 6.20 Å². The van der Waals surface area contributed by atoms with Crippen molar-refractivity contribution >= 4 is 44.7 Å². The van der Waals surface area contributed by atoms with E-state index >= 15 is 0 Å². The molecule has 0 saturated carbocycles. The molecule has 0 atom stereocenters. The number of hydrogen-bond acceptors (Lipinski definition) is 3. The monoisotopic (exact) mass is 349 g/mol. The van der Waals surface area contributed by atoms with Crippen LogP contribution in [0.5, 0.6) is 0 Å². The number of benzene rings is 1. The Bertz CT molecular complexity index is 671. The van der Waals surface area contributed by atoms with Crippen LogP contribution in [-0.2, 0) is 0 Å². The smallest absolute Gasteiger partial charge is 0.274 e. The normalized spacial score (nSPS) is 10.1. The molecule has 0 aliphatic rings. The number of pyridine rings is 1. The summed E-state index contributed by atoms with van der Waals surface area (Å²) in [6.07, 6.45) is 1.49. The maximum Gasteiger partial charge on any atom is 0.274 e. The third kappa shape index (κ3) is 3.20. The number of rotatable bonds is 3.